The lowest BCUT2D eigenvalue weighted by Crippen LogP contribution is -2.35. The minimum Gasteiger partial charge on any atom is -0.496 e. The van der Waals surface area contributed by atoms with Crippen molar-refractivity contribution in [1.82, 2.24) is 15.5 Å². The van der Waals surface area contributed by atoms with Gasteiger partial charge >= 0.3 is 0 Å². The Kier molecular flexibility index (Phi) is 7.96. The van der Waals surface area contributed by atoms with Crippen LogP contribution in [0.2, 0.25) is 0 Å². The molecule has 1 aromatic carbocycles. The van der Waals surface area contributed by atoms with Crippen molar-refractivity contribution >= 4 is 11.5 Å². The highest BCUT2D eigenvalue weighted by atomic mass is 19.1. The summed E-state index contributed by atoms with van der Waals surface area (Å²) in [7, 11) is 1.50. The highest BCUT2D eigenvalue weighted by Crippen LogP contribution is 2.38. The van der Waals surface area contributed by atoms with E-state index in [1.807, 2.05) is 20.0 Å². The van der Waals surface area contributed by atoms with Gasteiger partial charge in [-0.05, 0) is 49.2 Å². The molecule has 0 amide bonds. The highest BCUT2D eigenvalue weighted by molar-refractivity contribution is 6.01. The van der Waals surface area contributed by atoms with Crippen LogP contribution in [0.5, 0.6) is 11.5 Å². The van der Waals surface area contributed by atoms with Crippen molar-refractivity contribution in [2.24, 2.45) is 0 Å². The second-order valence-corrected chi connectivity index (χ2v) is 7.67. The minimum atomic E-state index is -1.55. The second kappa shape index (κ2) is 10.7. The molecule has 3 aliphatic rings. The van der Waals surface area contributed by atoms with Gasteiger partial charge in [-0.25, -0.2) is 4.39 Å². The number of rotatable bonds is 7. The number of alkyl halides is 1. The van der Waals surface area contributed by atoms with Crippen LogP contribution in [0.15, 0.2) is 42.3 Å². The lowest BCUT2D eigenvalue weighted by Gasteiger charge is -2.29. The molecule has 2 N–H and O–H groups in total. The average Bonchev–Trinajstić information content (AvgIpc) is 3.48. The summed E-state index contributed by atoms with van der Waals surface area (Å²) in [4.78, 5) is 14.6. The number of nitrogens with zero attached hydrogens (tertiary/aromatic N) is 1. The van der Waals surface area contributed by atoms with E-state index in [0.29, 0.717) is 11.8 Å². The van der Waals surface area contributed by atoms with Crippen molar-refractivity contribution in [2.45, 2.75) is 65.5 Å². The van der Waals surface area contributed by atoms with Crippen LogP contribution in [0.3, 0.4) is 0 Å². The first-order chi connectivity index (χ1) is 15.5. The van der Waals surface area contributed by atoms with Crippen molar-refractivity contribution in [1.29, 1.82) is 0 Å². The summed E-state index contributed by atoms with van der Waals surface area (Å²) in [5.41, 5.74) is 3.24. The summed E-state index contributed by atoms with van der Waals surface area (Å²) < 4.78 is 24.5. The Labute approximate surface area is 193 Å². The third-order valence-corrected chi connectivity index (χ3v) is 5.68. The molecule has 0 saturated carbocycles. The van der Waals surface area contributed by atoms with E-state index in [9.17, 15) is 9.18 Å². The summed E-state index contributed by atoms with van der Waals surface area (Å²) in [6.07, 6.45) is 9.42. The molecular formula is C25H38FN3O3. The zero-order chi connectivity index (χ0) is 23.3. The topological polar surface area (TPSA) is 62.8 Å². The maximum absolute atomic E-state index is 13.7. The van der Waals surface area contributed by atoms with Crippen molar-refractivity contribution in [3.8, 4) is 11.5 Å². The summed E-state index contributed by atoms with van der Waals surface area (Å²) >= 11 is 0. The van der Waals surface area contributed by atoms with Gasteiger partial charge in [0.25, 0.3) is 0 Å². The normalized spacial score (nSPS) is 22.1. The van der Waals surface area contributed by atoms with Gasteiger partial charge in [0, 0.05) is 40.2 Å². The molecule has 0 bridgehead atoms. The number of hydrogen-bond donors (Lipinski definition) is 2. The Morgan fingerprint density at radius 2 is 2.09 bits per heavy atom. The fourth-order valence-corrected chi connectivity index (χ4v) is 4.23. The molecule has 3 unspecified atom stereocenters. The standard InChI is InChI=1S/C23H28FN3O3.C2H6.2H2/c1-4-19(28)23-20(29-3)10-16(11-21(23)30-14(2)24)18-13-26-22-12-15(7-9-27(18)22)17-6-5-8-25-17;1-2;;/h7,9-14,17,22,25-26H,4-6,8H2,1-3H3;1-2H3;2*1H. The van der Waals surface area contributed by atoms with Gasteiger partial charge in [0.1, 0.15) is 23.2 Å². The maximum atomic E-state index is 13.7. The zero-order valence-corrected chi connectivity index (χ0v) is 19.6. The summed E-state index contributed by atoms with van der Waals surface area (Å²) in [5.74, 6) is 0.426. The van der Waals surface area contributed by atoms with Gasteiger partial charge < -0.3 is 25.0 Å². The first-order valence-corrected chi connectivity index (χ1v) is 11.5. The molecule has 1 fully saturated rings. The molecule has 32 heavy (non-hydrogen) atoms. The van der Waals surface area contributed by atoms with Gasteiger partial charge in [-0.15, -0.1) is 0 Å². The molecule has 0 radical (unpaired) electrons. The summed E-state index contributed by atoms with van der Waals surface area (Å²) in [5, 5.41) is 6.92. The fraction of sp³-hybridized carbons (Fsp3) is 0.480. The molecule has 0 spiro atoms. The smallest absolute Gasteiger partial charge is 0.235 e. The monoisotopic (exact) mass is 447 g/mol. The number of halogens is 1. The molecule has 3 aliphatic heterocycles. The van der Waals surface area contributed by atoms with Gasteiger partial charge in [0.05, 0.1) is 12.8 Å². The van der Waals surface area contributed by atoms with E-state index in [1.54, 1.807) is 19.1 Å². The van der Waals surface area contributed by atoms with Crippen LogP contribution in [0.25, 0.3) is 5.70 Å². The lowest BCUT2D eigenvalue weighted by atomic mass is 10.00. The average molecular weight is 448 g/mol. The number of fused-ring (bicyclic) bond motifs is 1. The molecule has 3 atom stereocenters. The van der Waals surface area contributed by atoms with Gasteiger partial charge in [-0.3, -0.25) is 4.79 Å². The number of ketones is 1. The summed E-state index contributed by atoms with van der Waals surface area (Å²) in [6, 6.07) is 3.92. The van der Waals surface area contributed by atoms with Gasteiger partial charge in [0.15, 0.2) is 5.78 Å². The van der Waals surface area contributed by atoms with E-state index in [0.717, 1.165) is 24.2 Å². The van der Waals surface area contributed by atoms with E-state index in [2.05, 4.69) is 33.9 Å². The summed E-state index contributed by atoms with van der Waals surface area (Å²) in [6.45, 7) is 8.11. The number of ether oxygens (including phenoxy) is 2. The Morgan fingerprint density at radius 1 is 1.34 bits per heavy atom. The van der Waals surface area contributed by atoms with E-state index in [1.165, 1.54) is 26.0 Å². The van der Waals surface area contributed by atoms with Crippen molar-refractivity contribution < 1.29 is 21.5 Å². The number of nitrogens with one attached hydrogen (secondary N) is 2. The quantitative estimate of drug-likeness (QED) is 0.558. The molecular weight excluding hydrogens is 409 g/mol. The number of benzene rings is 1. The second-order valence-electron chi connectivity index (χ2n) is 7.67. The van der Waals surface area contributed by atoms with Gasteiger partial charge in [-0.1, -0.05) is 20.8 Å². The van der Waals surface area contributed by atoms with E-state index < -0.39 is 6.36 Å². The number of carbonyl (C=O) groups is 1. The predicted molar refractivity (Wildman–Crippen MR) is 129 cm³/mol. The van der Waals surface area contributed by atoms with Gasteiger partial charge in [-0.2, -0.15) is 0 Å². The zero-order valence-electron chi connectivity index (χ0n) is 19.6. The number of carbonyl (C=O) groups excluding carboxylic acids is 1. The first-order valence-electron chi connectivity index (χ1n) is 11.5. The minimum absolute atomic E-state index is 0. The lowest BCUT2D eigenvalue weighted by molar-refractivity contribution is 0.0819. The third-order valence-electron chi connectivity index (χ3n) is 5.68. The van der Waals surface area contributed by atoms with Crippen LogP contribution < -0.4 is 20.1 Å². The van der Waals surface area contributed by atoms with Crippen LogP contribution in [0, 0.1) is 0 Å². The SMILES string of the molecule is CC.CCC(=O)c1c(OC)cc(C2=CNC3C=C(C4CCCN4)C=CN23)cc1OC(C)F.[HH].[HH]. The molecule has 178 valence electrons. The Hall–Kier alpha value is -2.80. The van der Waals surface area contributed by atoms with Crippen LogP contribution in [0.1, 0.15) is 65.7 Å². The molecule has 1 saturated heterocycles. The Bertz CT molecular complexity index is 928. The molecule has 7 heteroatoms. The maximum Gasteiger partial charge on any atom is 0.235 e. The van der Waals surface area contributed by atoms with Crippen molar-refractivity contribution in [3.63, 3.8) is 0 Å². The Morgan fingerprint density at radius 3 is 2.72 bits per heavy atom. The van der Waals surface area contributed by atoms with Crippen LogP contribution in [-0.2, 0) is 0 Å². The van der Waals surface area contributed by atoms with Crippen LogP contribution >= 0.6 is 0 Å². The van der Waals surface area contributed by atoms with E-state index in [4.69, 9.17) is 9.47 Å². The predicted octanol–water partition coefficient (Wildman–Crippen LogP) is 5.24. The fourth-order valence-electron chi connectivity index (χ4n) is 4.23. The third kappa shape index (κ3) is 4.83. The number of methoxy groups -OCH3 is 1. The molecule has 6 nitrogen and oxygen atoms in total. The number of Topliss-reactive ketones (excluding diaryl/α,β-unsaturated/α-hetero) is 1. The van der Waals surface area contributed by atoms with Crippen molar-refractivity contribution in [2.75, 3.05) is 13.7 Å². The molecule has 0 aromatic heterocycles. The highest BCUT2D eigenvalue weighted by Gasteiger charge is 2.30. The first kappa shape index (κ1) is 23.9. The van der Waals surface area contributed by atoms with E-state index in [-0.39, 0.29) is 32.5 Å². The van der Waals surface area contributed by atoms with Gasteiger partial charge in [0.2, 0.25) is 6.36 Å². The van der Waals surface area contributed by atoms with Crippen LogP contribution in [-0.4, -0.2) is 42.9 Å². The number of hydrogen-bond acceptors (Lipinski definition) is 6. The largest absolute Gasteiger partial charge is 0.496 e. The van der Waals surface area contributed by atoms with E-state index >= 15 is 0 Å². The van der Waals surface area contributed by atoms with Crippen LogP contribution in [0.4, 0.5) is 4.39 Å². The van der Waals surface area contributed by atoms with Crippen molar-refractivity contribution in [3.05, 3.63) is 53.4 Å². The molecule has 0 aliphatic carbocycles. The molecule has 3 heterocycles. The Balaban J connectivity index is 0.00000141. The molecule has 1 aromatic rings. The molecule has 4 rings (SSSR count).